The molecule has 2 heterocycles. The van der Waals surface area contributed by atoms with E-state index in [2.05, 4.69) is 14.9 Å². The summed E-state index contributed by atoms with van der Waals surface area (Å²) in [5.74, 6) is -0.821. The van der Waals surface area contributed by atoms with E-state index in [9.17, 15) is 24.4 Å². The predicted octanol–water partition coefficient (Wildman–Crippen LogP) is 2.48. The SMILES string of the molecule is Cc1nnsc1C(=O)N1CCC(N(C)C(=O)[C@@H](NC(=O)[C@H](CC2CCCC2)CN(O)C=O)C(C)(C)C)CC1. The topological polar surface area (TPSA) is 136 Å². The molecule has 0 aromatic carbocycles. The minimum atomic E-state index is -0.778. The van der Waals surface area contributed by atoms with Crippen LogP contribution < -0.4 is 5.32 Å². The quantitative estimate of drug-likeness (QED) is 0.259. The number of nitrogens with zero attached hydrogens (tertiary/aromatic N) is 5. The first kappa shape index (κ1) is 29.9. The van der Waals surface area contributed by atoms with Crippen molar-refractivity contribution in [2.45, 2.75) is 84.7 Å². The second-order valence-electron chi connectivity index (χ2n) is 11.8. The molecule has 2 N–H and O–H groups in total. The molecule has 38 heavy (non-hydrogen) atoms. The van der Waals surface area contributed by atoms with Crippen LogP contribution in [0.25, 0.3) is 0 Å². The largest absolute Gasteiger partial charge is 0.344 e. The van der Waals surface area contributed by atoms with Crippen molar-refractivity contribution >= 4 is 35.7 Å². The molecule has 11 nitrogen and oxygen atoms in total. The van der Waals surface area contributed by atoms with Gasteiger partial charge < -0.3 is 15.1 Å². The Morgan fingerprint density at radius 1 is 1.18 bits per heavy atom. The molecule has 2 aliphatic rings. The number of carbonyl (C=O) groups is 4. The van der Waals surface area contributed by atoms with Gasteiger partial charge in [-0.1, -0.05) is 50.9 Å². The summed E-state index contributed by atoms with van der Waals surface area (Å²) in [6.07, 6.45) is 6.43. The van der Waals surface area contributed by atoms with E-state index in [1.54, 1.807) is 23.8 Å². The second-order valence-corrected chi connectivity index (χ2v) is 12.5. The van der Waals surface area contributed by atoms with Gasteiger partial charge in [-0.25, -0.2) is 5.06 Å². The van der Waals surface area contributed by atoms with Crippen LogP contribution in [0.2, 0.25) is 0 Å². The normalized spacial score (nSPS) is 18.6. The molecule has 4 amide bonds. The van der Waals surface area contributed by atoms with Crippen LogP contribution in [0, 0.1) is 24.2 Å². The molecular weight excluding hydrogens is 508 g/mol. The van der Waals surface area contributed by atoms with Crippen LogP contribution in [0.4, 0.5) is 0 Å². The van der Waals surface area contributed by atoms with Crippen LogP contribution in [0.5, 0.6) is 0 Å². The molecule has 1 aromatic rings. The number of aromatic nitrogens is 2. The van der Waals surface area contributed by atoms with Gasteiger partial charge in [-0.05, 0) is 49.1 Å². The van der Waals surface area contributed by atoms with E-state index in [1.165, 1.54) is 0 Å². The van der Waals surface area contributed by atoms with E-state index in [4.69, 9.17) is 0 Å². The summed E-state index contributed by atoms with van der Waals surface area (Å²) in [5.41, 5.74) is 0.0671. The summed E-state index contributed by atoms with van der Waals surface area (Å²) < 4.78 is 3.85. The number of likely N-dealkylation sites (N-methyl/N-ethyl adjacent to an activating group) is 1. The summed E-state index contributed by atoms with van der Waals surface area (Å²) >= 11 is 1.10. The van der Waals surface area contributed by atoms with Crippen LogP contribution in [-0.2, 0) is 14.4 Å². The Morgan fingerprint density at radius 3 is 2.34 bits per heavy atom. The highest BCUT2D eigenvalue weighted by Gasteiger charge is 2.39. The average molecular weight is 551 g/mol. The Morgan fingerprint density at radius 2 is 1.82 bits per heavy atom. The molecule has 1 aliphatic carbocycles. The van der Waals surface area contributed by atoms with E-state index in [-0.39, 0.29) is 30.3 Å². The lowest BCUT2D eigenvalue weighted by molar-refractivity contribution is -0.156. The van der Waals surface area contributed by atoms with Crippen LogP contribution in [0.1, 0.15) is 81.1 Å². The predicted molar refractivity (Wildman–Crippen MR) is 142 cm³/mol. The lowest BCUT2D eigenvalue weighted by Gasteiger charge is -2.40. The minimum Gasteiger partial charge on any atom is -0.344 e. The molecule has 12 heteroatoms. The summed E-state index contributed by atoms with van der Waals surface area (Å²) in [6.45, 7) is 8.43. The molecule has 0 unspecified atom stereocenters. The first-order valence-electron chi connectivity index (χ1n) is 13.5. The van der Waals surface area contributed by atoms with Gasteiger partial charge in [0.1, 0.15) is 10.9 Å². The highest BCUT2D eigenvalue weighted by molar-refractivity contribution is 7.07. The molecule has 1 aromatic heterocycles. The Bertz CT molecular complexity index is 981. The van der Waals surface area contributed by atoms with Crippen molar-refractivity contribution in [1.29, 1.82) is 0 Å². The molecule has 2 atom stereocenters. The van der Waals surface area contributed by atoms with Gasteiger partial charge in [0.05, 0.1) is 18.2 Å². The molecule has 0 spiro atoms. The number of nitrogens with one attached hydrogen (secondary N) is 1. The average Bonchev–Trinajstić information content (AvgIpc) is 3.56. The zero-order chi connectivity index (χ0) is 28.0. The first-order chi connectivity index (χ1) is 17.9. The number of carbonyl (C=O) groups excluding carboxylic acids is 4. The van der Waals surface area contributed by atoms with Gasteiger partial charge in [-0.2, -0.15) is 0 Å². The Kier molecular flexibility index (Phi) is 10.2. The molecule has 1 aliphatic heterocycles. The Labute approximate surface area is 229 Å². The molecule has 1 saturated heterocycles. The smallest absolute Gasteiger partial charge is 0.267 e. The van der Waals surface area contributed by atoms with E-state index in [0.29, 0.717) is 60.3 Å². The monoisotopic (exact) mass is 550 g/mol. The molecule has 3 rings (SSSR count). The van der Waals surface area contributed by atoms with Crippen molar-refractivity contribution in [2.75, 3.05) is 26.7 Å². The maximum Gasteiger partial charge on any atom is 0.267 e. The molecule has 212 valence electrons. The Balaban J connectivity index is 1.65. The van der Waals surface area contributed by atoms with Crippen molar-refractivity contribution in [3.05, 3.63) is 10.6 Å². The van der Waals surface area contributed by atoms with Crippen LogP contribution in [-0.4, -0.2) is 92.6 Å². The van der Waals surface area contributed by atoms with E-state index in [1.807, 2.05) is 20.8 Å². The zero-order valence-corrected chi connectivity index (χ0v) is 24.0. The summed E-state index contributed by atoms with van der Waals surface area (Å²) in [7, 11) is 1.75. The zero-order valence-electron chi connectivity index (χ0n) is 23.2. The van der Waals surface area contributed by atoms with Crippen molar-refractivity contribution in [3.8, 4) is 0 Å². The van der Waals surface area contributed by atoms with Gasteiger partial charge in [0.15, 0.2) is 0 Å². The highest BCUT2D eigenvalue weighted by atomic mass is 32.1. The van der Waals surface area contributed by atoms with Gasteiger partial charge in [0.25, 0.3) is 5.91 Å². The van der Waals surface area contributed by atoms with E-state index >= 15 is 0 Å². The van der Waals surface area contributed by atoms with Crippen molar-refractivity contribution < 1.29 is 24.4 Å². The summed E-state index contributed by atoms with van der Waals surface area (Å²) in [6, 6.07) is -0.841. The fourth-order valence-electron chi connectivity index (χ4n) is 5.50. The number of hydroxylamine groups is 2. The first-order valence-corrected chi connectivity index (χ1v) is 14.3. The number of likely N-dealkylation sites (tertiary alicyclic amines) is 1. The third-order valence-corrected chi connectivity index (χ3v) is 8.70. The third-order valence-electron chi connectivity index (χ3n) is 7.88. The lowest BCUT2D eigenvalue weighted by Crippen LogP contribution is -2.58. The van der Waals surface area contributed by atoms with Gasteiger partial charge >= 0.3 is 0 Å². The van der Waals surface area contributed by atoms with Gasteiger partial charge in [0, 0.05) is 26.2 Å². The fourth-order valence-corrected chi connectivity index (χ4v) is 6.13. The number of amides is 4. The minimum absolute atomic E-state index is 0.0636. The third kappa shape index (κ3) is 7.49. The Hall–Kier alpha value is -2.60. The van der Waals surface area contributed by atoms with E-state index in [0.717, 1.165) is 37.2 Å². The molecule has 0 bridgehead atoms. The van der Waals surface area contributed by atoms with Crippen LogP contribution in [0.15, 0.2) is 0 Å². The van der Waals surface area contributed by atoms with Crippen LogP contribution in [0.3, 0.4) is 0 Å². The summed E-state index contributed by atoms with van der Waals surface area (Å²) in [5, 5.41) is 17.2. The summed E-state index contributed by atoms with van der Waals surface area (Å²) in [4.78, 5) is 55.0. The lowest BCUT2D eigenvalue weighted by atomic mass is 9.84. The standard InChI is InChI=1S/C26H42N6O5S/c1-17-21(38-29-28-17)24(35)31-12-10-20(11-13-31)30(5)25(36)22(26(2,3)4)27-23(34)19(15-32(37)16-33)14-18-8-6-7-9-18/h16,18-20,22,37H,6-15H2,1-5H3,(H,27,34)/t19-,22-/m1/s1. The number of hydrogen-bond acceptors (Lipinski definition) is 8. The molecule has 1 saturated carbocycles. The molecule has 2 fully saturated rings. The number of aryl methyl sites for hydroxylation is 1. The van der Waals surface area contributed by atoms with Crippen molar-refractivity contribution in [1.82, 2.24) is 29.8 Å². The number of rotatable bonds is 10. The van der Waals surface area contributed by atoms with Gasteiger partial charge in [0.2, 0.25) is 18.2 Å². The highest BCUT2D eigenvalue weighted by Crippen LogP contribution is 2.31. The molecule has 0 radical (unpaired) electrons. The number of piperidine rings is 1. The number of hydrogen-bond donors (Lipinski definition) is 2. The van der Waals surface area contributed by atoms with E-state index < -0.39 is 17.4 Å². The van der Waals surface area contributed by atoms with Crippen LogP contribution >= 0.6 is 11.5 Å². The van der Waals surface area contributed by atoms with Gasteiger partial charge in [-0.15, -0.1) is 5.10 Å². The molecular formula is C26H42N6O5S. The van der Waals surface area contributed by atoms with Crippen molar-refractivity contribution in [2.24, 2.45) is 17.3 Å². The maximum atomic E-state index is 13.7. The van der Waals surface area contributed by atoms with Crippen molar-refractivity contribution in [3.63, 3.8) is 0 Å². The maximum absolute atomic E-state index is 13.7. The van der Waals surface area contributed by atoms with Gasteiger partial charge in [-0.3, -0.25) is 24.4 Å². The fraction of sp³-hybridized carbons (Fsp3) is 0.769. The second kappa shape index (κ2) is 13.0.